The Kier molecular flexibility index (Phi) is 4.45. The molecule has 2 saturated heterocycles. The van der Waals surface area contributed by atoms with Gasteiger partial charge in [-0.1, -0.05) is 6.42 Å². The fourth-order valence-electron chi connectivity index (χ4n) is 4.01. The molecule has 1 aliphatic carbocycles. The predicted molar refractivity (Wildman–Crippen MR) is 77.6 cm³/mol. The van der Waals surface area contributed by atoms with Crippen LogP contribution in [0.25, 0.3) is 0 Å². The van der Waals surface area contributed by atoms with Gasteiger partial charge in [-0.2, -0.15) is 0 Å². The molecule has 0 aromatic rings. The molecule has 6 heteroatoms. The second-order valence-corrected chi connectivity index (χ2v) is 6.26. The average molecular weight is 295 g/mol. The molecule has 3 rings (SSSR count). The number of nitrogens with zero attached hydrogens (tertiary/aromatic N) is 1. The first-order chi connectivity index (χ1) is 10.2. The molecule has 118 valence electrons. The van der Waals surface area contributed by atoms with Crippen LogP contribution >= 0.6 is 0 Å². The van der Waals surface area contributed by atoms with E-state index in [4.69, 9.17) is 4.74 Å². The first-order valence-electron chi connectivity index (χ1n) is 8.11. The summed E-state index contributed by atoms with van der Waals surface area (Å²) >= 11 is 0. The number of hydrogen-bond acceptors (Lipinski definition) is 4. The first kappa shape index (κ1) is 14.8. The van der Waals surface area contributed by atoms with Crippen molar-refractivity contribution in [2.24, 2.45) is 11.8 Å². The Bertz CT molecular complexity index is 415. The van der Waals surface area contributed by atoms with Crippen molar-refractivity contribution in [1.29, 1.82) is 0 Å². The number of nitrogens with one attached hydrogen (secondary N) is 2. The summed E-state index contributed by atoms with van der Waals surface area (Å²) in [6, 6.07) is -0.582. The SMILES string of the molecule is CCNC(=O)C1COCCN1C(=O)C1NCC2CCCC21. The second kappa shape index (κ2) is 6.32. The van der Waals surface area contributed by atoms with E-state index in [1.807, 2.05) is 6.92 Å². The molecule has 2 heterocycles. The Hall–Kier alpha value is -1.14. The highest BCUT2D eigenvalue weighted by Crippen LogP contribution is 2.38. The molecular formula is C15H25N3O3. The largest absolute Gasteiger partial charge is 0.377 e. The molecule has 4 atom stereocenters. The van der Waals surface area contributed by atoms with Crippen LogP contribution in [0.3, 0.4) is 0 Å². The van der Waals surface area contributed by atoms with Crippen molar-refractivity contribution in [2.75, 3.05) is 32.8 Å². The van der Waals surface area contributed by atoms with E-state index in [9.17, 15) is 9.59 Å². The van der Waals surface area contributed by atoms with E-state index >= 15 is 0 Å². The normalized spacial score (nSPS) is 35.6. The van der Waals surface area contributed by atoms with Crippen LogP contribution in [0.4, 0.5) is 0 Å². The number of hydrogen-bond donors (Lipinski definition) is 2. The van der Waals surface area contributed by atoms with Crippen LogP contribution in [0, 0.1) is 11.8 Å². The summed E-state index contributed by atoms with van der Waals surface area (Å²) in [4.78, 5) is 26.8. The summed E-state index contributed by atoms with van der Waals surface area (Å²) in [6.45, 7) is 4.73. The van der Waals surface area contributed by atoms with Crippen molar-refractivity contribution in [3.8, 4) is 0 Å². The van der Waals surface area contributed by atoms with E-state index < -0.39 is 6.04 Å². The molecule has 2 N–H and O–H groups in total. The Balaban J connectivity index is 1.70. The Morgan fingerprint density at radius 1 is 1.38 bits per heavy atom. The fraction of sp³-hybridized carbons (Fsp3) is 0.867. The van der Waals surface area contributed by atoms with E-state index in [0.717, 1.165) is 13.0 Å². The smallest absolute Gasteiger partial charge is 0.245 e. The number of fused-ring (bicyclic) bond motifs is 1. The maximum Gasteiger partial charge on any atom is 0.245 e. The Labute approximate surface area is 125 Å². The highest BCUT2D eigenvalue weighted by Gasteiger charge is 2.46. The van der Waals surface area contributed by atoms with Crippen LogP contribution in [-0.2, 0) is 14.3 Å². The topological polar surface area (TPSA) is 70.7 Å². The lowest BCUT2D eigenvalue weighted by atomic mass is 9.93. The number of amides is 2. The molecule has 0 bridgehead atoms. The lowest BCUT2D eigenvalue weighted by Gasteiger charge is -2.37. The van der Waals surface area contributed by atoms with Crippen molar-refractivity contribution >= 4 is 11.8 Å². The minimum Gasteiger partial charge on any atom is -0.377 e. The van der Waals surface area contributed by atoms with E-state index in [-0.39, 0.29) is 17.9 Å². The van der Waals surface area contributed by atoms with E-state index in [1.165, 1.54) is 12.8 Å². The van der Waals surface area contributed by atoms with Gasteiger partial charge in [-0.05, 0) is 38.1 Å². The van der Waals surface area contributed by atoms with Gasteiger partial charge in [-0.3, -0.25) is 9.59 Å². The van der Waals surface area contributed by atoms with Crippen LogP contribution in [0.5, 0.6) is 0 Å². The van der Waals surface area contributed by atoms with Crippen molar-refractivity contribution < 1.29 is 14.3 Å². The van der Waals surface area contributed by atoms with E-state index in [2.05, 4.69) is 10.6 Å². The molecule has 4 unspecified atom stereocenters. The molecule has 2 aliphatic heterocycles. The standard InChI is InChI=1S/C15H25N3O3/c1-2-16-14(19)12-9-21-7-6-18(12)15(20)13-11-5-3-4-10(11)8-17-13/h10-13,17H,2-9H2,1H3,(H,16,19). The lowest BCUT2D eigenvalue weighted by Crippen LogP contribution is -2.59. The Morgan fingerprint density at radius 3 is 3.05 bits per heavy atom. The third-order valence-corrected chi connectivity index (χ3v) is 5.08. The maximum absolute atomic E-state index is 12.9. The number of carbonyl (C=O) groups excluding carboxylic acids is 2. The molecule has 3 fully saturated rings. The molecule has 0 radical (unpaired) electrons. The Morgan fingerprint density at radius 2 is 2.24 bits per heavy atom. The lowest BCUT2D eigenvalue weighted by molar-refractivity contribution is -0.150. The predicted octanol–water partition coefficient (Wildman–Crippen LogP) is -0.262. The number of morpholine rings is 1. The van der Waals surface area contributed by atoms with Gasteiger partial charge in [0, 0.05) is 13.1 Å². The fourth-order valence-corrected chi connectivity index (χ4v) is 4.01. The van der Waals surface area contributed by atoms with Crippen molar-refractivity contribution in [1.82, 2.24) is 15.5 Å². The van der Waals surface area contributed by atoms with Crippen LogP contribution < -0.4 is 10.6 Å². The van der Waals surface area contributed by atoms with Crippen LogP contribution in [-0.4, -0.2) is 61.6 Å². The zero-order chi connectivity index (χ0) is 14.8. The third kappa shape index (κ3) is 2.79. The molecule has 0 aromatic heterocycles. The van der Waals surface area contributed by atoms with Crippen LogP contribution in [0.2, 0.25) is 0 Å². The number of rotatable bonds is 3. The number of ether oxygens (including phenoxy) is 1. The monoisotopic (exact) mass is 295 g/mol. The molecule has 0 aromatic carbocycles. The maximum atomic E-state index is 12.9. The van der Waals surface area contributed by atoms with Crippen molar-refractivity contribution in [3.63, 3.8) is 0 Å². The van der Waals surface area contributed by atoms with Gasteiger partial charge in [0.1, 0.15) is 6.04 Å². The van der Waals surface area contributed by atoms with Gasteiger partial charge in [-0.15, -0.1) is 0 Å². The van der Waals surface area contributed by atoms with Crippen molar-refractivity contribution in [2.45, 2.75) is 38.3 Å². The van der Waals surface area contributed by atoms with Gasteiger partial charge in [0.25, 0.3) is 0 Å². The molecule has 1 saturated carbocycles. The summed E-state index contributed by atoms with van der Waals surface area (Å²) < 4.78 is 5.40. The zero-order valence-electron chi connectivity index (χ0n) is 12.6. The molecule has 3 aliphatic rings. The van der Waals surface area contributed by atoms with Crippen LogP contribution in [0.15, 0.2) is 0 Å². The number of likely N-dealkylation sites (N-methyl/N-ethyl adjacent to an activating group) is 1. The molecule has 21 heavy (non-hydrogen) atoms. The van der Waals surface area contributed by atoms with Gasteiger partial charge >= 0.3 is 0 Å². The molecular weight excluding hydrogens is 270 g/mol. The zero-order valence-corrected chi connectivity index (χ0v) is 12.6. The van der Waals surface area contributed by atoms with Gasteiger partial charge < -0.3 is 20.3 Å². The number of carbonyl (C=O) groups is 2. The van der Waals surface area contributed by atoms with Gasteiger partial charge in [0.05, 0.1) is 19.3 Å². The minimum absolute atomic E-state index is 0.0870. The van der Waals surface area contributed by atoms with E-state index in [1.54, 1.807) is 4.90 Å². The van der Waals surface area contributed by atoms with Gasteiger partial charge in [0.15, 0.2) is 0 Å². The highest BCUT2D eigenvalue weighted by molar-refractivity contribution is 5.90. The first-order valence-corrected chi connectivity index (χ1v) is 8.11. The quantitative estimate of drug-likeness (QED) is 0.752. The molecule has 0 spiro atoms. The summed E-state index contributed by atoms with van der Waals surface area (Å²) in [5.74, 6) is 1.08. The van der Waals surface area contributed by atoms with Crippen molar-refractivity contribution in [3.05, 3.63) is 0 Å². The average Bonchev–Trinajstić information content (AvgIpc) is 3.09. The summed E-state index contributed by atoms with van der Waals surface area (Å²) in [6.07, 6.45) is 3.58. The summed E-state index contributed by atoms with van der Waals surface area (Å²) in [5.41, 5.74) is 0. The molecule has 6 nitrogen and oxygen atoms in total. The molecule has 2 amide bonds. The van der Waals surface area contributed by atoms with Gasteiger partial charge in [-0.25, -0.2) is 0 Å². The highest BCUT2D eigenvalue weighted by atomic mass is 16.5. The summed E-state index contributed by atoms with van der Waals surface area (Å²) in [5, 5.41) is 6.19. The third-order valence-electron chi connectivity index (χ3n) is 5.08. The second-order valence-electron chi connectivity index (χ2n) is 6.26. The van der Waals surface area contributed by atoms with E-state index in [0.29, 0.717) is 38.1 Å². The summed E-state index contributed by atoms with van der Waals surface area (Å²) in [7, 11) is 0. The van der Waals surface area contributed by atoms with Gasteiger partial charge in [0.2, 0.25) is 11.8 Å². The van der Waals surface area contributed by atoms with Crippen LogP contribution in [0.1, 0.15) is 26.2 Å². The minimum atomic E-state index is -0.478.